The molecule has 0 radical (unpaired) electrons. The predicted molar refractivity (Wildman–Crippen MR) is 551 cm³/mol. The van der Waals surface area contributed by atoms with Crippen molar-refractivity contribution < 1.29 is 0 Å². The number of aryl methyl sites for hydroxylation is 8. The molecule has 13 aromatic heterocycles. The van der Waals surface area contributed by atoms with Gasteiger partial charge < -0.3 is 32.9 Å². The lowest BCUT2D eigenvalue weighted by Crippen LogP contribution is -2.12. The topological polar surface area (TPSA) is 377 Å². The molecule has 19 aromatic rings. The molecule has 6 aromatic carbocycles. The Morgan fingerprint density at radius 2 is 0.586 bits per heavy atom. The average Bonchev–Trinajstić information content (AvgIpc) is 1.63. The highest BCUT2D eigenvalue weighted by molar-refractivity contribution is 5.90. The van der Waals surface area contributed by atoms with E-state index in [1.807, 2.05) is 212 Å². The van der Waals surface area contributed by atoms with Crippen molar-refractivity contribution in [2.75, 3.05) is 22.9 Å². The van der Waals surface area contributed by atoms with Crippen LogP contribution >= 0.6 is 0 Å². The van der Waals surface area contributed by atoms with Gasteiger partial charge in [0.1, 0.15) is 81.4 Å². The molecular weight excluding hydrogens is 1650 g/mol. The second-order valence-electron chi connectivity index (χ2n) is 29.3. The molecule has 13 heterocycles. The molecule has 698 valence electrons. The third-order valence-corrected chi connectivity index (χ3v) is 22.1. The minimum Gasteiger partial charge on any atom is -0.382 e. The van der Waals surface area contributed by atoms with Crippen LogP contribution in [0.15, 0.2) is 245 Å². The van der Waals surface area contributed by atoms with E-state index in [0.29, 0.717) is 46.9 Å². The summed E-state index contributed by atoms with van der Waals surface area (Å²) in [6.45, 7) is 32.0. The van der Waals surface area contributed by atoms with Gasteiger partial charge in [-0.1, -0.05) is 244 Å². The number of nitrogens with two attached hydrogens (primary N) is 4. The van der Waals surface area contributed by atoms with E-state index in [9.17, 15) is 0 Å². The molecule has 0 saturated carbocycles. The first kappa shape index (κ1) is 104. The van der Waals surface area contributed by atoms with Crippen molar-refractivity contribution in [3.05, 3.63) is 312 Å². The fraction of sp³-hybridized carbons (Fsp3) is 0.340. The van der Waals surface area contributed by atoms with Gasteiger partial charge in [-0.25, -0.2) is 54.8 Å². The van der Waals surface area contributed by atoms with E-state index in [4.69, 9.17) is 43.3 Å². The fourth-order valence-electron chi connectivity index (χ4n) is 16.7. The summed E-state index contributed by atoms with van der Waals surface area (Å²) in [4.78, 5) is 51.6. The summed E-state index contributed by atoms with van der Waals surface area (Å²) >= 11 is 0. The summed E-state index contributed by atoms with van der Waals surface area (Å²) in [5.41, 5.74) is 49.3. The third-order valence-electron chi connectivity index (χ3n) is 22.1. The molecule has 0 bridgehead atoms. The van der Waals surface area contributed by atoms with Gasteiger partial charge in [-0.2, -0.15) is 25.5 Å². The molecule has 27 nitrogen and oxygen atoms in total. The summed E-state index contributed by atoms with van der Waals surface area (Å²) in [5.74, 6) is 3.16. The monoisotopic (exact) mass is 1790 g/mol. The van der Waals surface area contributed by atoms with Crippen molar-refractivity contribution >= 4 is 100 Å². The van der Waals surface area contributed by atoms with Crippen molar-refractivity contribution in [2.45, 2.75) is 212 Å². The van der Waals surface area contributed by atoms with Crippen LogP contribution < -0.4 is 22.9 Å². The number of pyridine rings is 1. The maximum absolute atomic E-state index is 5.98. The van der Waals surface area contributed by atoms with Crippen LogP contribution in [-0.2, 0) is 53.9 Å². The van der Waals surface area contributed by atoms with Gasteiger partial charge in [-0.05, 0) is 169 Å². The highest BCUT2D eigenvalue weighted by atomic mass is 15.3. The van der Waals surface area contributed by atoms with Gasteiger partial charge in [-0.15, -0.1) is 0 Å². The highest BCUT2D eigenvalue weighted by Gasteiger charge is 2.32. The van der Waals surface area contributed by atoms with Gasteiger partial charge in [0, 0.05) is 99.1 Å². The van der Waals surface area contributed by atoms with Crippen molar-refractivity contribution in [2.24, 2.45) is 28.2 Å². The number of aromatic amines is 3. The lowest BCUT2D eigenvalue weighted by atomic mass is 9.81. The maximum Gasteiger partial charge on any atom is 0.153 e. The first-order valence-corrected chi connectivity index (χ1v) is 47.4. The van der Waals surface area contributed by atoms with Crippen LogP contribution in [0.2, 0.25) is 0 Å². The molecule has 0 spiro atoms. The van der Waals surface area contributed by atoms with E-state index >= 15 is 0 Å². The molecule has 27 heteroatoms. The number of nitrogens with zero attached hydrogens (tertiary/aromatic N) is 20. The highest BCUT2D eigenvalue weighted by Crippen LogP contribution is 2.43. The zero-order chi connectivity index (χ0) is 96.1. The van der Waals surface area contributed by atoms with E-state index in [2.05, 4.69) is 190 Å². The molecule has 133 heavy (non-hydrogen) atoms. The van der Waals surface area contributed by atoms with Gasteiger partial charge >= 0.3 is 0 Å². The molecule has 0 aliphatic heterocycles. The second kappa shape index (κ2) is 54.9. The molecular formula is C106H139N27. The molecule has 23 rings (SSSR count). The molecule has 4 aliphatic rings. The first-order chi connectivity index (χ1) is 65.4. The van der Waals surface area contributed by atoms with Crippen LogP contribution in [-0.4, -0.2) is 114 Å². The molecule has 0 saturated heterocycles. The number of hydrogen-bond acceptors (Lipinski definition) is 20. The van der Waals surface area contributed by atoms with Gasteiger partial charge in [-0.3, -0.25) is 23.8 Å². The van der Waals surface area contributed by atoms with E-state index in [1.54, 1.807) is 43.4 Å². The minimum absolute atomic E-state index is 0.299. The predicted octanol–water partition coefficient (Wildman–Crippen LogP) is 23.6. The van der Waals surface area contributed by atoms with Crippen molar-refractivity contribution in [1.82, 2.24) is 114 Å². The van der Waals surface area contributed by atoms with Gasteiger partial charge in [0.25, 0.3) is 0 Å². The number of fused-ring (bicyclic) bond motifs is 11. The van der Waals surface area contributed by atoms with Crippen molar-refractivity contribution in [1.29, 1.82) is 0 Å². The van der Waals surface area contributed by atoms with Gasteiger partial charge in [0.15, 0.2) is 23.3 Å². The number of rotatable bonds is 4. The SMILES string of the molecule is CC.CC.CC.CC.CC.CC.CC.CC.Cn1nc(C2CCCc3ccccc32)c2ncnc(N)c21.Cn1nc(C2CCCc3ccccc32)c2ncnc(N)c21.Cn1nc(C2CCCc3ccccc32)c2ncnc(N)c21.Cn1nc(C2CCCc3ccccc32)c2ncnc(N)c21.c1ccc2[nH]ccc2c1.c1ccc2[nH]ncc2c1.c1cnc2[nH]ccc2c1.c1cncnc1. The summed E-state index contributed by atoms with van der Waals surface area (Å²) in [6.07, 6.45) is 32.1. The molecule has 0 fully saturated rings. The lowest BCUT2D eigenvalue weighted by molar-refractivity contribution is 0.595. The number of nitrogens with one attached hydrogen (secondary N) is 3. The number of aromatic nitrogens is 23. The van der Waals surface area contributed by atoms with Crippen LogP contribution in [0.4, 0.5) is 23.3 Å². The Balaban J connectivity index is 0.000000188. The quantitative estimate of drug-likeness (QED) is 0.0860. The molecule has 11 N–H and O–H groups in total. The summed E-state index contributed by atoms with van der Waals surface area (Å²) in [6, 6.07) is 60.6. The fourth-order valence-corrected chi connectivity index (χ4v) is 16.7. The lowest BCUT2D eigenvalue weighted by Gasteiger charge is -2.24. The largest absolute Gasteiger partial charge is 0.382 e. The molecule has 4 aliphatic carbocycles. The zero-order valence-corrected chi connectivity index (χ0v) is 81.6. The molecule has 4 atom stereocenters. The Morgan fingerprint density at radius 1 is 0.286 bits per heavy atom. The van der Waals surface area contributed by atoms with Crippen LogP contribution in [0.3, 0.4) is 0 Å². The number of hydrogen-bond donors (Lipinski definition) is 7. The average molecular weight is 1790 g/mol. The second-order valence-corrected chi connectivity index (χ2v) is 29.3. The number of benzene rings is 6. The maximum atomic E-state index is 5.98. The Morgan fingerprint density at radius 3 is 0.902 bits per heavy atom. The standard InChI is InChI=1S/4C16H17N5.C8H7N.2C7H6N2.C4H4N2.8C2H6/c4*1-21-15-14(18-9-19-16(15)17)13(20-21)12-8-4-6-10-5-2-3-7-11(10)12;1-2-4-8-7(3-1)5-6-9-8;1-2-6-3-5-9-7(6)8-4-1;1-2-4-7-6(3-1)5-8-9-7;1-2-5-4-6-3-1;8*1-2/h4*2-3,5,7,9,12H,4,6,8H2,1H3,(H2,17,18,19);1-6,9H;2*1-5H,(H,8,9);1-4H;8*1-2H3. The number of H-pyrrole nitrogens is 3. The summed E-state index contributed by atoms with van der Waals surface area (Å²) in [5, 5.41) is 29.2. The zero-order valence-electron chi connectivity index (χ0n) is 81.6. The van der Waals surface area contributed by atoms with E-state index < -0.39 is 0 Å². The molecule has 0 amide bonds. The first-order valence-electron chi connectivity index (χ1n) is 47.4. The van der Waals surface area contributed by atoms with E-state index in [0.717, 1.165) is 140 Å². The van der Waals surface area contributed by atoms with E-state index in [1.165, 1.54) is 113 Å². The normalized spacial score (nSPS) is 14.1. The van der Waals surface area contributed by atoms with Crippen molar-refractivity contribution in [3.63, 3.8) is 0 Å². The Labute approximate surface area is 784 Å². The van der Waals surface area contributed by atoms with Gasteiger partial charge in [0.2, 0.25) is 0 Å². The third kappa shape index (κ3) is 25.8. The van der Waals surface area contributed by atoms with Crippen LogP contribution in [0.5, 0.6) is 0 Å². The van der Waals surface area contributed by atoms with E-state index in [-0.39, 0.29) is 0 Å². The number of anilines is 4. The van der Waals surface area contributed by atoms with Crippen LogP contribution in [0, 0.1) is 0 Å². The van der Waals surface area contributed by atoms with Crippen LogP contribution in [0.25, 0.3) is 77.0 Å². The Kier molecular flexibility index (Phi) is 42.8. The van der Waals surface area contributed by atoms with Gasteiger partial charge in [0.05, 0.1) is 34.5 Å². The number of para-hydroxylation sites is 2. The van der Waals surface area contributed by atoms with Crippen molar-refractivity contribution in [3.8, 4) is 0 Å². The Bertz CT molecular complexity index is 5740. The number of nitrogen functional groups attached to an aromatic ring is 4. The summed E-state index contributed by atoms with van der Waals surface area (Å²) < 4.78 is 7.21. The Hall–Kier alpha value is -14.5. The van der Waals surface area contributed by atoms with Crippen LogP contribution in [0.1, 0.15) is 253 Å². The summed E-state index contributed by atoms with van der Waals surface area (Å²) in [7, 11) is 7.61. The smallest absolute Gasteiger partial charge is 0.153 e. The molecule has 4 unspecified atom stereocenters. The minimum atomic E-state index is 0.299.